The van der Waals surface area contributed by atoms with Crippen molar-refractivity contribution in [2.24, 2.45) is 5.73 Å². The van der Waals surface area contributed by atoms with Gasteiger partial charge in [-0.25, -0.2) is 8.42 Å². The summed E-state index contributed by atoms with van der Waals surface area (Å²) in [6.45, 7) is 1.26. The molecule has 0 heterocycles. The van der Waals surface area contributed by atoms with Gasteiger partial charge in [-0.05, 0) is 25.1 Å². The number of hydrogen-bond acceptors (Lipinski definition) is 3. The Bertz CT molecular complexity index is 560. The molecule has 108 valence electrons. The maximum absolute atomic E-state index is 12.4. The molecule has 0 fully saturated rings. The number of alkyl halides is 3. The van der Waals surface area contributed by atoms with E-state index in [2.05, 4.69) is 4.72 Å². The SMILES string of the molecule is CC(CN)S(=O)(=O)Nc1ccc(C(F)(F)F)cc1Cl. The van der Waals surface area contributed by atoms with Gasteiger partial charge in [-0.2, -0.15) is 13.2 Å². The molecule has 0 aromatic heterocycles. The number of nitrogens with two attached hydrogens (primary N) is 1. The average molecular weight is 317 g/mol. The lowest BCUT2D eigenvalue weighted by molar-refractivity contribution is -0.137. The van der Waals surface area contributed by atoms with Crippen molar-refractivity contribution in [1.29, 1.82) is 0 Å². The van der Waals surface area contributed by atoms with Crippen LogP contribution in [-0.2, 0) is 16.2 Å². The van der Waals surface area contributed by atoms with E-state index in [1.165, 1.54) is 6.92 Å². The third-order valence-corrected chi connectivity index (χ3v) is 4.48. The van der Waals surface area contributed by atoms with Gasteiger partial charge in [0.05, 0.1) is 21.5 Å². The molecule has 1 unspecified atom stereocenters. The average Bonchev–Trinajstić information content (AvgIpc) is 2.29. The highest BCUT2D eigenvalue weighted by molar-refractivity contribution is 7.93. The van der Waals surface area contributed by atoms with E-state index in [0.29, 0.717) is 6.07 Å². The number of rotatable bonds is 4. The number of halogens is 4. The molecule has 3 N–H and O–H groups in total. The highest BCUT2D eigenvalue weighted by Crippen LogP contribution is 2.34. The molecule has 0 bridgehead atoms. The van der Waals surface area contributed by atoms with Crippen LogP contribution in [0.3, 0.4) is 0 Å². The summed E-state index contributed by atoms with van der Waals surface area (Å²) < 4.78 is 62.7. The first-order valence-electron chi connectivity index (χ1n) is 5.16. The van der Waals surface area contributed by atoms with Crippen LogP contribution in [0, 0.1) is 0 Å². The summed E-state index contributed by atoms with van der Waals surface area (Å²) in [7, 11) is -3.77. The molecule has 9 heteroatoms. The van der Waals surface area contributed by atoms with Crippen LogP contribution in [0.2, 0.25) is 5.02 Å². The lowest BCUT2D eigenvalue weighted by atomic mass is 10.2. The van der Waals surface area contributed by atoms with Crippen LogP contribution in [0.5, 0.6) is 0 Å². The van der Waals surface area contributed by atoms with Crippen molar-refractivity contribution in [2.45, 2.75) is 18.3 Å². The second-order valence-electron chi connectivity index (χ2n) is 3.89. The number of benzene rings is 1. The van der Waals surface area contributed by atoms with Gasteiger partial charge in [-0.1, -0.05) is 11.6 Å². The summed E-state index contributed by atoms with van der Waals surface area (Å²) in [5, 5.41) is -1.21. The first-order chi connectivity index (χ1) is 8.58. The minimum atomic E-state index is -4.54. The standard InChI is InChI=1S/C10H12ClF3N2O2S/c1-6(5-15)19(17,18)16-9-3-2-7(4-8(9)11)10(12,13)14/h2-4,6,16H,5,15H2,1H3. The van der Waals surface area contributed by atoms with Crippen LogP contribution >= 0.6 is 11.6 Å². The predicted octanol–water partition coefficient (Wildman–Crippen LogP) is 2.45. The molecule has 1 atom stereocenters. The highest BCUT2D eigenvalue weighted by Gasteiger charge is 2.31. The molecule has 1 aromatic rings. The summed E-state index contributed by atoms with van der Waals surface area (Å²) in [5.41, 5.74) is 4.16. The van der Waals surface area contributed by atoms with E-state index in [1.807, 2.05) is 0 Å². The van der Waals surface area contributed by atoms with Crippen LogP contribution in [0.15, 0.2) is 18.2 Å². The third kappa shape index (κ3) is 3.99. The highest BCUT2D eigenvalue weighted by atomic mass is 35.5. The minimum absolute atomic E-state index is 0.116. The molecule has 0 aliphatic heterocycles. The molecule has 19 heavy (non-hydrogen) atoms. The largest absolute Gasteiger partial charge is 0.416 e. The molecule has 0 saturated heterocycles. The molecule has 0 amide bonds. The van der Waals surface area contributed by atoms with Gasteiger partial charge in [0, 0.05) is 6.54 Å². The maximum atomic E-state index is 12.4. The van der Waals surface area contributed by atoms with E-state index in [9.17, 15) is 21.6 Å². The fraction of sp³-hybridized carbons (Fsp3) is 0.400. The first kappa shape index (κ1) is 16.1. The summed E-state index contributed by atoms with van der Waals surface area (Å²) in [4.78, 5) is 0. The van der Waals surface area contributed by atoms with E-state index in [4.69, 9.17) is 17.3 Å². The lowest BCUT2D eigenvalue weighted by Crippen LogP contribution is -2.31. The van der Waals surface area contributed by atoms with Gasteiger partial charge in [0.15, 0.2) is 0 Å². The number of sulfonamides is 1. The fourth-order valence-electron chi connectivity index (χ4n) is 1.15. The summed E-state index contributed by atoms with van der Waals surface area (Å²) >= 11 is 5.63. The number of hydrogen-bond donors (Lipinski definition) is 2. The Labute approximate surface area is 113 Å². The van der Waals surface area contributed by atoms with E-state index in [1.54, 1.807) is 0 Å². The van der Waals surface area contributed by atoms with Crippen molar-refractivity contribution >= 4 is 27.3 Å². The Kier molecular flexibility index (Phi) is 4.70. The fourth-order valence-corrected chi connectivity index (χ4v) is 2.38. The number of anilines is 1. The zero-order chi connectivity index (χ0) is 14.8. The Balaban J connectivity index is 3.06. The maximum Gasteiger partial charge on any atom is 0.416 e. The van der Waals surface area contributed by atoms with Crippen molar-refractivity contribution in [3.05, 3.63) is 28.8 Å². The van der Waals surface area contributed by atoms with Gasteiger partial charge in [-0.15, -0.1) is 0 Å². The second-order valence-corrected chi connectivity index (χ2v) is 6.39. The minimum Gasteiger partial charge on any atom is -0.329 e. The van der Waals surface area contributed by atoms with E-state index < -0.39 is 27.0 Å². The van der Waals surface area contributed by atoms with Crippen LogP contribution in [0.4, 0.5) is 18.9 Å². The van der Waals surface area contributed by atoms with E-state index >= 15 is 0 Å². The van der Waals surface area contributed by atoms with Gasteiger partial charge >= 0.3 is 6.18 Å². The van der Waals surface area contributed by atoms with E-state index in [0.717, 1.165) is 12.1 Å². The van der Waals surface area contributed by atoms with Crippen molar-refractivity contribution in [3.63, 3.8) is 0 Å². The Hall–Kier alpha value is -0.990. The Morgan fingerprint density at radius 2 is 2.00 bits per heavy atom. The second kappa shape index (κ2) is 5.56. The van der Waals surface area contributed by atoms with Crippen molar-refractivity contribution in [2.75, 3.05) is 11.3 Å². The van der Waals surface area contributed by atoms with Crippen molar-refractivity contribution in [1.82, 2.24) is 0 Å². The van der Waals surface area contributed by atoms with Crippen LogP contribution in [-0.4, -0.2) is 20.2 Å². The quantitative estimate of drug-likeness (QED) is 0.896. The summed E-state index contributed by atoms with van der Waals surface area (Å²) in [6, 6.07) is 2.37. The predicted molar refractivity (Wildman–Crippen MR) is 67.5 cm³/mol. The van der Waals surface area contributed by atoms with Gasteiger partial charge in [0.1, 0.15) is 0 Å². The molecule has 1 rings (SSSR count). The zero-order valence-corrected chi connectivity index (χ0v) is 11.4. The zero-order valence-electron chi connectivity index (χ0n) is 9.83. The van der Waals surface area contributed by atoms with Gasteiger partial charge < -0.3 is 5.73 Å². The first-order valence-corrected chi connectivity index (χ1v) is 7.09. The third-order valence-electron chi connectivity index (χ3n) is 2.41. The van der Waals surface area contributed by atoms with E-state index in [-0.39, 0.29) is 17.3 Å². The lowest BCUT2D eigenvalue weighted by Gasteiger charge is -2.15. The smallest absolute Gasteiger partial charge is 0.329 e. The summed E-state index contributed by atoms with van der Waals surface area (Å²) in [6.07, 6.45) is -4.54. The normalized spacial score (nSPS) is 14.2. The van der Waals surface area contributed by atoms with Crippen molar-refractivity contribution < 1.29 is 21.6 Å². The van der Waals surface area contributed by atoms with Crippen LogP contribution in [0.1, 0.15) is 12.5 Å². The topological polar surface area (TPSA) is 72.2 Å². The molecular formula is C10H12ClF3N2O2S. The molecule has 0 saturated carbocycles. The monoisotopic (exact) mass is 316 g/mol. The van der Waals surface area contributed by atoms with Gasteiger partial charge in [0.2, 0.25) is 10.0 Å². The van der Waals surface area contributed by atoms with Gasteiger partial charge in [-0.3, -0.25) is 4.72 Å². The molecule has 4 nitrogen and oxygen atoms in total. The molecule has 0 spiro atoms. The van der Waals surface area contributed by atoms with Crippen molar-refractivity contribution in [3.8, 4) is 0 Å². The Morgan fingerprint density at radius 3 is 2.42 bits per heavy atom. The Morgan fingerprint density at radius 1 is 1.42 bits per heavy atom. The summed E-state index contributed by atoms with van der Waals surface area (Å²) in [5.74, 6) is 0. The molecule has 0 aliphatic rings. The molecule has 1 aromatic carbocycles. The molecule has 0 radical (unpaired) electrons. The van der Waals surface area contributed by atoms with Crippen LogP contribution in [0.25, 0.3) is 0 Å². The molecule has 0 aliphatic carbocycles. The van der Waals surface area contributed by atoms with Gasteiger partial charge in [0.25, 0.3) is 0 Å². The van der Waals surface area contributed by atoms with Crippen LogP contribution < -0.4 is 10.5 Å². The number of nitrogens with one attached hydrogen (secondary N) is 1. The molecular weight excluding hydrogens is 305 g/mol.